The van der Waals surface area contributed by atoms with Gasteiger partial charge in [-0.25, -0.2) is 0 Å². The number of anilines is 1. The molecule has 0 aliphatic carbocycles. The van der Waals surface area contributed by atoms with E-state index in [9.17, 15) is 4.79 Å². The highest BCUT2D eigenvalue weighted by Gasteiger charge is 2.33. The van der Waals surface area contributed by atoms with Crippen LogP contribution in [0.3, 0.4) is 0 Å². The van der Waals surface area contributed by atoms with Crippen LogP contribution in [-0.2, 0) is 4.79 Å². The van der Waals surface area contributed by atoms with Gasteiger partial charge in [-0.3, -0.25) is 9.69 Å². The highest BCUT2D eigenvalue weighted by Crippen LogP contribution is 2.29. The highest BCUT2D eigenvalue weighted by molar-refractivity contribution is 6.31. The van der Waals surface area contributed by atoms with E-state index < -0.39 is 0 Å². The Morgan fingerprint density at radius 3 is 3.25 bits per heavy atom. The molecule has 1 aliphatic heterocycles. The van der Waals surface area contributed by atoms with Crippen molar-refractivity contribution in [2.45, 2.75) is 6.42 Å². The second kappa shape index (κ2) is 5.03. The largest absolute Gasteiger partial charge is 0.423 e. The molecule has 0 radical (unpaired) electrons. The summed E-state index contributed by atoms with van der Waals surface area (Å²) in [5.74, 6) is -0.0854. The van der Waals surface area contributed by atoms with E-state index in [0.717, 1.165) is 0 Å². The van der Waals surface area contributed by atoms with E-state index in [-0.39, 0.29) is 17.8 Å². The third-order valence-electron chi connectivity index (χ3n) is 3.18. The average molecular weight is 292 g/mol. The fourth-order valence-corrected chi connectivity index (χ4v) is 2.41. The third-order valence-corrected chi connectivity index (χ3v) is 3.41. The number of amides is 1. The van der Waals surface area contributed by atoms with Gasteiger partial charge in [-0.05, 0) is 29.6 Å². The normalized spacial score (nSPS) is 18.6. The van der Waals surface area contributed by atoms with Crippen LogP contribution in [0.25, 0.3) is 21.5 Å². The summed E-state index contributed by atoms with van der Waals surface area (Å²) in [6.45, 7) is 0.739. The maximum atomic E-state index is 12.0. The molecular formula is C12H10ClN5O2. The van der Waals surface area contributed by atoms with Crippen LogP contribution in [0.5, 0.6) is 0 Å². The van der Waals surface area contributed by atoms with E-state index in [1.807, 2.05) is 0 Å². The number of rotatable bonds is 3. The lowest BCUT2D eigenvalue weighted by atomic mass is 10.1. The molecule has 2 aromatic rings. The highest BCUT2D eigenvalue weighted by atomic mass is 35.5. The summed E-state index contributed by atoms with van der Waals surface area (Å²) in [6, 6.07) is 5.36. The fraction of sp³-hybridized carbons (Fsp3) is 0.333. The van der Waals surface area contributed by atoms with Crippen molar-refractivity contribution in [1.82, 2.24) is 4.98 Å². The van der Waals surface area contributed by atoms with Gasteiger partial charge in [0.1, 0.15) is 5.52 Å². The Morgan fingerprint density at radius 1 is 1.60 bits per heavy atom. The number of azide groups is 1. The number of fused-ring (bicyclic) bond motifs is 1. The number of hydrogen-bond acceptors (Lipinski definition) is 4. The van der Waals surface area contributed by atoms with Crippen LogP contribution in [0, 0.1) is 5.92 Å². The minimum atomic E-state index is -0.0826. The number of carbonyl (C=O) groups excluding carboxylic acids is 1. The van der Waals surface area contributed by atoms with E-state index in [0.29, 0.717) is 35.6 Å². The lowest BCUT2D eigenvalue weighted by Gasteiger charge is -2.10. The topological polar surface area (TPSA) is 95.1 Å². The Balaban J connectivity index is 1.87. The van der Waals surface area contributed by atoms with Crippen LogP contribution in [0.2, 0.25) is 5.02 Å². The van der Waals surface area contributed by atoms with Gasteiger partial charge >= 0.3 is 6.01 Å². The Hall–Kier alpha value is -2.24. The molecule has 7 nitrogen and oxygen atoms in total. The minimum Gasteiger partial charge on any atom is -0.423 e. The summed E-state index contributed by atoms with van der Waals surface area (Å²) in [5, 5.41) is 4.07. The summed E-state index contributed by atoms with van der Waals surface area (Å²) in [5.41, 5.74) is 9.50. The van der Waals surface area contributed by atoms with E-state index >= 15 is 0 Å². The summed E-state index contributed by atoms with van der Waals surface area (Å²) >= 11 is 5.89. The van der Waals surface area contributed by atoms with Gasteiger partial charge in [0, 0.05) is 29.4 Å². The molecule has 1 aromatic heterocycles. The van der Waals surface area contributed by atoms with Crippen LogP contribution in [0.4, 0.5) is 6.01 Å². The molecule has 20 heavy (non-hydrogen) atoms. The predicted octanol–water partition coefficient (Wildman–Crippen LogP) is 3.14. The van der Waals surface area contributed by atoms with Crippen molar-refractivity contribution in [3.8, 4) is 0 Å². The van der Waals surface area contributed by atoms with Crippen molar-refractivity contribution >= 4 is 34.6 Å². The predicted molar refractivity (Wildman–Crippen MR) is 73.5 cm³/mol. The maximum Gasteiger partial charge on any atom is 0.305 e. The monoisotopic (exact) mass is 291 g/mol. The van der Waals surface area contributed by atoms with Gasteiger partial charge in [0.15, 0.2) is 5.58 Å². The number of benzene rings is 1. The molecule has 2 heterocycles. The zero-order valence-electron chi connectivity index (χ0n) is 10.4. The Bertz CT molecular complexity index is 722. The number of nitrogens with zero attached hydrogens (tertiary/aromatic N) is 5. The molecule has 0 N–H and O–H groups in total. The molecule has 1 fully saturated rings. The first-order chi connectivity index (χ1) is 9.67. The van der Waals surface area contributed by atoms with E-state index in [2.05, 4.69) is 15.0 Å². The van der Waals surface area contributed by atoms with Crippen LogP contribution < -0.4 is 4.90 Å². The third kappa shape index (κ3) is 2.29. The van der Waals surface area contributed by atoms with Gasteiger partial charge < -0.3 is 4.42 Å². The van der Waals surface area contributed by atoms with E-state index in [1.54, 1.807) is 18.2 Å². The van der Waals surface area contributed by atoms with Crippen molar-refractivity contribution < 1.29 is 9.21 Å². The number of halogens is 1. The maximum absolute atomic E-state index is 12.0. The van der Waals surface area contributed by atoms with Crippen LogP contribution in [0.15, 0.2) is 27.7 Å². The van der Waals surface area contributed by atoms with Crippen LogP contribution in [0.1, 0.15) is 6.42 Å². The van der Waals surface area contributed by atoms with Crippen molar-refractivity contribution in [1.29, 1.82) is 0 Å². The molecule has 1 atom stereocenters. The Morgan fingerprint density at radius 2 is 2.45 bits per heavy atom. The lowest BCUT2D eigenvalue weighted by Crippen LogP contribution is -2.25. The summed E-state index contributed by atoms with van der Waals surface area (Å²) < 4.78 is 5.56. The van der Waals surface area contributed by atoms with Crippen molar-refractivity contribution in [3.63, 3.8) is 0 Å². The number of carbonyl (C=O) groups is 1. The molecule has 0 spiro atoms. The van der Waals surface area contributed by atoms with Gasteiger partial charge in [0.25, 0.3) is 0 Å². The Kier molecular flexibility index (Phi) is 3.22. The molecule has 102 valence electrons. The molecule has 3 rings (SSSR count). The SMILES string of the molecule is [N-]=[N+]=NCC1CC(=O)N(c2nc3cc(Cl)ccc3o2)C1. The van der Waals surface area contributed by atoms with Gasteiger partial charge in [-0.15, -0.1) is 0 Å². The average Bonchev–Trinajstić information content (AvgIpc) is 2.99. The fourth-order valence-electron chi connectivity index (χ4n) is 2.24. The van der Waals surface area contributed by atoms with E-state index in [4.69, 9.17) is 21.5 Å². The molecular weight excluding hydrogens is 282 g/mol. The number of aromatic nitrogens is 1. The molecule has 0 bridgehead atoms. The van der Waals surface area contributed by atoms with Crippen LogP contribution >= 0.6 is 11.6 Å². The van der Waals surface area contributed by atoms with Crippen molar-refractivity contribution in [2.75, 3.05) is 18.0 Å². The van der Waals surface area contributed by atoms with Crippen molar-refractivity contribution in [3.05, 3.63) is 33.7 Å². The quantitative estimate of drug-likeness (QED) is 0.493. The van der Waals surface area contributed by atoms with Gasteiger partial charge in [0.2, 0.25) is 5.91 Å². The lowest BCUT2D eigenvalue weighted by molar-refractivity contribution is -0.117. The first-order valence-electron chi connectivity index (χ1n) is 6.04. The molecule has 1 aliphatic rings. The van der Waals surface area contributed by atoms with Gasteiger partial charge in [-0.2, -0.15) is 4.98 Å². The number of hydrogen-bond donors (Lipinski definition) is 0. The summed E-state index contributed by atoms with van der Waals surface area (Å²) in [6.07, 6.45) is 0.332. The van der Waals surface area contributed by atoms with Crippen molar-refractivity contribution in [2.24, 2.45) is 11.0 Å². The molecule has 1 aromatic carbocycles. The first-order valence-corrected chi connectivity index (χ1v) is 6.42. The number of oxazole rings is 1. The summed E-state index contributed by atoms with van der Waals surface area (Å²) in [4.78, 5) is 20.4. The van der Waals surface area contributed by atoms with Crippen LogP contribution in [-0.4, -0.2) is 24.0 Å². The standard InChI is InChI=1S/C12H10ClN5O2/c13-8-1-2-10-9(4-8)16-12(20-10)18-6-7(3-11(18)19)5-15-17-14/h1-2,4,7H,3,5-6H2. The molecule has 1 amide bonds. The zero-order valence-corrected chi connectivity index (χ0v) is 11.1. The summed E-state index contributed by atoms with van der Waals surface area (Å²) in [7, 11) is 0. The van der Waals surface area contributed by atoms with Gasteiger partial charge in [0.05, 0.1) is 0 Å². The van der Waals surface area contributed by atoms with Gasteiger partial charge in [-0.1, -0.05) is 16.7 Å². The van der Waals surface area contributed by atoms with E-state index in [1.165, 1.54) is 4.90 Å². The molecule has 1 unspecified atom stereocenters. The molecule has 8 heteroatoms. The molecule has 0 saturated carbocycles. The minimum absolute atomic E-state index is 0.00278. The zero-order chi connectivity index (χ0) is 14.1. The second-order valence-corrected chi connectivity index (χ2v) is 5.03. The smallest absolute Gasteiger partial charge is 0.305 e. The Labute approximate surface area is 118 Å². The molecule has 1 saturated heterocycles. The first kappa shape index (κ1) is 12.8. The second-order valence-electron chi connectivity index (χ2n) is 4.60.